The van der Waals surface area contributed by atoms with Crippen LogP contribution >= 0.6 is 11.6 Å². The van der Waals surface area contributed by atoms with Crippen molar-refractivity contribution in [2.45, 2.75) is 13.3 Å². The van der Waals surface area contributed by atoms with Crippen LogP contribution in [0.5, 0.6) is 0 Å². The molecule has 2 aromatic rings. The van der Waals surface area contributed by atoms with Gasteiger partial charge in [0.25, 0.3) is 0 Å². The van der Waals surface area contributed by atoms with E-state index in [2.05, 4.69) is 16.0 Å². The highest BCUT2D eigenvalue weighted by Gasteiger charge is 2.04. The summed E-state index contributed by atoms with van der Waals surface area (Å²) in [6.45, 7) is 1.92. The lowest BCUT2D eigenvalue weighted by Crippen LogP contribution is -2.21. The third-order valence-corrected chi connectivity index (χ3v) is 3.29. The van der Waals surface area contributed by atoms with Gasteiger partial charge in [0.05, 0.1) is 6.54 Å². The van der Waals surface area contributed by atoms with E-state index in [4.69, 9.17) is 11.6 Å². The molecule has 23 heavy (non-hydrogen) atoms. The van der Waals surface area contributed by atoms with Gasteiger partial charge in [-0.15, -0.1) is 0 Å². The monoisotopic (exact) mass is 331 g/mol. The number of amides is 2. The van der Waals surface area contributed by atoms with Gasteiger partial charge in [0.1, 0.15) is 0 Å². The zero-order valence-electron chi connectivity index (χ0n) is 12.7. The van der Waals surface area contributed by atoms with Gasteiger partial charge in [0, 0.05) is 28.5 Å². The third-order valence-electron chi connectivity index (χ3n) is 3.05. The summed E-state index contributed by atoms with van der Waals surface area (Å²) in [6.07, 6.45) is 0.424. The lowest BCUT2D eigenvalue weighted by Gasteiger charge is -2.09. The molecule has 0 heterocycles. The molecule has 2 rings (SSSR count). The lowest BCUT2D eigenvalue weighted by molar-refractivity contribution is -0.116. The summed E-state index contributed by atoms with van der Waals surface area (Å²) in [6, 6.07) is 14.1. The Morgan fingerprint density at radius 2 is 1.52 bits per heavy atom. The Balaban J connectivity index is 1.84. The first kappa shape index (κ1) is 16.8. The number of hydrogen-bond acceptors (Lipinski definition) is 3. The molecule has 0 radical (unpaired) electrons. The summed E-state index contributed by atoms with van der Waals surface area (Å²) in [5, 5.41) is 9.13. The van der Waals surface area contributed by atoms with Crippen molar-refractivity contribution in [2.75, 3.05) is 22.5 Å². The maximum Gasteiger partial charge on any atom is 0.243 e. The summed E-state index contributed by atoms with van der Waals surface area (Å²) >= 11 is 5.88. The fraction of sp³-hybridized carbons (Fsp3) is 0.176. The Labute approximate surface area is 140 Å². The van der Waals surface area contributed by atoms with E-state index in [1.807, 2.05) is 12.1 Å². The van der Waals surface area contributed by atoms with Crippen molar-refractivity contribution in [2.24, 2.45) is 0 Å². The van der Waals surface area contributed by atoms with Gasteiger partial charge in [-0.25, -0.2) is 0 Å². The average molecular weight is 332 g/mol. The van der Waals surface area contributed by atoms with Crippen LogP contribution in [0.15, 0.2) is 48.5 Å². The first-order valence-electron chi connectivity index (χ1n) is 7.26. The second-order valence-electron chi connectivity index (χ2n) is 4.89. The van der Waals surface area contributed by atoms with Crippen LogP contribution in [-0.4, -0.2) is 18.4 Å². The Morgan fingerprint density at radius 1 is 0.913 bits per heavy atom. The largest absolute Gasteiger partial charge is 0.376 e. The standard InChI is InChI=1S/C17H18ClN3O2/c1-2-16(22)20-13-6-8-14(9-7-13)21-17(23)11-19-15-5-3-4-12(18)10-15/h3-10,19H,2,11H2,1H3,(H,20,22)(H,21,23). The maximum atomic E-state index is 11.9. The Morgan fingerprint density at radius 3 is 2.09 bits per heavy atom. The van der Waals surface area contributed by atoms with Crippen LogP contribution in [0, 0.1) is 0 Å². The number of halogens is 1. The van der Waals surface area contributed by atoms with Crippen molar-refractivity contribution in [1.29, 1.82) is 0 Å². The smallest absolute Gasteiger partial charge is 0.243 e. The van der Waals surface area contributed by atoms with Gasteiger partial charge in [-0.2, -0.15) is 0 Å². The Kier molecular flexibility index (Phi) is 6.00. The van der Waals surface area contributed by atoms with Crippen molar-refractivity contribution in [3.05, 3.63) is 53.6 Å². The topological polar surface area (TPSA) is 70.2 Å². The first-order valence-corrected chi connectivity index (χ1v) is 7.64. The van der Waals surface area contributed by atoms with E-state index in [1.54, 1.807) is 43.3 Å². The van der Waals surface area contributed by atoms with E-state index in [9.17, 15) is 9.59 Å². The van der Waals surface area contributed by atoms with Crippen LogP contribution in [0.3, 0.4) is 0 Å². The molecule has 0 spiro atoms. The van der Waals surface area contributed by atoms with Gasteiger partial charge in [0.15, 0.2) is 0 Å². The molecule has 2 amide bonds. The molecule has 120 valence electrons. The number of hydrogen-bond donors (Lipinski definition) is 3. The molecule has 0 aliphatic heterocycles. The van der Waals surface area contributed by atoms with Gasteiger partial charge < -0.3 is 16.0 Å². The zero-order valence-corrected chi connectivity index (χ0v) is 13.5. The predicted molar refractivity (Wildman–Crippen MR) is 93.9 cm³/mol. The second kappa shape index (κ2) is 8.19. The van der Waals surface area contributed by atoms with Crippen LogP contribution in [0.2, 0.25) is 5.02 Å². The molecule has 0 bridgehead atoms. The molecule has 6 heteroatoms. The molecule has 0 unspecified atom stereocenters. The number of carbonyl (C=O) groups is 2. The molecular formula is C17H18ClN3O2. The molecule has 0 saturated carbocycles. The van der Waals surface area contributed by atoms with Crippen LogP contribution in [-0.2, 0) is 9.59 Å². The van der Waals surface area contributed by atoms with Gasteiger partial charge in [-0.3, -0.25) is 9.59 Å². The van der Waals surface area contributed by atoms with Crippen molar-refractivity contribution in [1.82, 2.24) is 0 Å². The number of benzene rings is 2. The van der Waals surface area contributed by atoms with E-state index in [0.29, 0.717) is 22.8 Å². The van der Waals surface area contributed by atoms with Crippen LogP contribution in [0.25, 0.3) is 0 Å². The number of anilines is 3. The quantitative estimate of drug-likeness (QED) is 0.755. The molecule has 3 N–H and O–H groups in total. The van der Waals surface area contributed by atoms with E-state index in [-0.39, 0.29) is 18.4 Å². The third kappa shape index (κ3) is 5.64. The van der Waals surface area contributed by atoms with E-state index < -0.39 is 0 Å². The summed E-state index contributed by atoms with van der Waals surface area (Å²) in [7, 11) is 0. The minimum absolute atomic E-state index is 0.0486. The van der Waals surface area contributed by atoms with Gasteiger partial charge in [-0.05, 0) is 42.5 Å². The molecule has 0 fully saturated rings. The number of rotatable bonds is 6. The predicted octanol–water partition coefficient (Wildman–Crippen LogP) is 3.74. The highest BCUT2D eigenvalue weighted by atomic mass is 35.5. The lowest BCUT2D eigenvalue weighted by atomic mass is 10.2. The average Bonchev–Trinajstić information content (AvgIpc) is 2.55. The molecule has 0 aliphatic carbocycles. The normalized spacial score (nSPS) is 10.0. The molecule has 0 aromatic heterocycles. The molecule has 0 saturated heterocycles. The number of nitrogens with one attached hydrogen (secondary N) is 3. The van der Waals surface area contributed by atoms with Gasteiger partial charge in [0.2, 0.25) is 11.8 Å². The van der Waals surface area contributed by atoms with Crippen molar-refractivity contribution in [3.8, 4) is 0 Å². The van der Waals surface area contributed by atoms with E-state index in [1.165, 1.54) is 0 Å². The van der Waals surface area contributed by atoms with Crippen molar-refractivity contribution < 1.29 is 9.59 Å². The molecule has 0 atom stereocenters. The zero-order chi connectivity index (χ0) is 16.7. The highest BCUT2D eigenvalue weighted by molar-refractivity contribution is 6.30. The Bertz CT molecular complexity index is 686. The van der Waals surface area contributed by atoms with Crippen LogP contribution in [0.1, 0.15) is 13.3 Å². The minimum Gasteiger partial charge on any atom is -0.376 e. The summed E-state index contributed by atoms with van der Waals surface area (Å²) in [5.74, 6) is -0.220. The summed E-state index contributed by atoms with van der Waals surface area (Å²) in [5.41, 5.74) is 2.15. The van der Waals surface area contributed by atoms with Gasteiger partial charge >= 0.3 is 0 Å². The maximum absolute atomic E-state index is 11.9. The van der Waals surface area contributed by atoms with E-state index >= 15 is 0 Å². The second-order valence-corrected chi connectivity index (χ2v) is 5.33. The first-order chi connectivity index (χ1) is 11.1. The van der Waals surface area contributed by atoms with Crippen molar-refractivity contribution >= 4 is 40.5 Å². The van der Waals surface area contributed by atoms with Crippen molar-refractivity contribution in [3.63, 3.8) is 0 Å². The number of carbonyl (C=O) groups excluding carboxylic acids is 2. The fourth-order valence-corrected chi connectivity index (χ4v) is 2.06. The summed E-state index contributed by atoms with van der Waals surface area (Å²) in [4.78, 5) is 23.2. The summed E-state index contributed by atoms with van der Waals surface area (Å²) < 4.78 is 0. The molecule has 0 aliphatic rings. The van der Waals surface area contributed by atoms with Crippen LogP contribution < -0.4 is 16.0 Å². The van der Waals surface area contributed by atoms with E-state index in [0.717, 1.165) is 5.69 Å². The molecular weight excluding hydrogens is 314 g/mol. The van der Waals surface area contributed by atoms with Gasteiger partial charge in [-0.1, -0.05) is 24.6 Å². The minimum atomic E-state index is -0.171. The SMILES string of the molecule is CCC(=O)Nc1ccc(NC(=O)CNc2cccc(Cl)c2)cc1. The van der Waals surface area contributed by atoms with Crippen LogP contribution in [0.4, 0.5) is 17.1 Å². The molecule has 5 nitrogen and oxygen atoms in total. The fourth-order valence-electron chi connectivity index (χ4n) is 1.87. The molecule has 2 aromatic carbocycles. The highest BCUT2D eigenvalue weighted by Crippen LogP contribution is 2.15. The Hall–Kier alpha value is -2.53.